The number of hydrogen-bond acceptors (Lipinski definition) is 4. The van der Waals surface area contributed by atoms with Gasteiger partial charge in [-0.3, -0.25) is 4.79 Å². The molecular formula is C15H22N2O3. The Morgan fingerprint density at radius 3 is 3.15 bits per heavy atom. The second kappa shape index (κ2) is 7.26. The molecule has 0 aliphatic carbocycles. The van der Waals surface area contributed by atoms with Crippen molar-refractivity contribution in [1.82, 2.24) is 10.6 Å². The van der Waals surface area contributed by atoms with Gasteiger partial charge in [-0.2, -0.15) is 0 Å². The zero-order chi connectivity index (χ0) is 14.4. The number of hydrogen-bond donors (Lipinski definition) is 2. The predicted octanol–water partition coefficient (Wildman–Crippen LogP) is 0.867. The molecule has 2 rings (SSSR count). The highest BCUT2D eigenvalue weighted by molar-refractivity contribution is 5.81. The molecule has 1 aliphatic heterocycles. The zero-order valence-electron chi connectivity index (χ0n) is 12.0. The molecule has 1 amide bonds. The molecular weight excluding hydrogens is 256 g/mol. The van der Waals surface area contributed by atoms with E-state index in [1.807, 2.05) is 38.1 Å². The van der Waals surface area contributed by atoms with Crippen LogP contribution in [0.5, 0.6) is 5.75 Å². The average Bonchev–Trinajstić information content (AvgIpc) is 2.46. The van der Waals surface area contributed by atoms with E-state index in [1.165, 1.54) is 0 Å². The summed E-state index contributed by atoms with van der Waals surface area (Å²) >= 11 is 0. The molecule has 2 unspecified atom stereocenters. The van der Waals surface area contributed by atoms with Crippen molar-refractivity contribution in [3.05, 3.63) is 29.8 Å². The molecule has 2 atom stereocenters. The molecule has 0 aromatic heterocycles. The normalized spacial score (nSPS) is 20.2. The third-order valence-electron chi connectivity index (χ3n) is 3.11. The summed E-state index contributed by atoms with van der Waals surface area (Å²) in [7, 11) is 0. The van der Waals surface area contributed by atoms with E-state index < -0.39 is 6.10 Å². The minimum atomic E-state index is -0.394. The van der Waals surface area contributed by atoms with Gasteiger partial charge in [-0.25, -0.2) is 0 Å². The van der Waals surface area contributed by atoms with Crippen molar-refractivity contribution in [3.8, 4) is 5.75 Å². The van der Waals surface area contributed by atoms with Crippen LogP contribution < -0.4 is 15.4 Å². The fraction of sp³-hybridized carbons (Fsp3) is 0.533. The van der Waals surface area contributed by atoms with Crippen LogP contribution in [0, 0.1) is 6.92 Å². The Hall–Kier alpha value is -1.59. The highest BCUT2D eigenvalue weighted by Gasteiger charge is 2.21. The summed E-state index contributed by atoms with van der Waals surface area (Å²) in [5.41, 5.74) is 1.15. The maximum absolute atomic E-state index is 11.9. The zero-order valence-corrected chi connectivity index (χ0v) is 12.0. The minimum Gasteiger partial charge on any atom is -0.489 e. The molecule has 1 aromatic carbocycles. The number of aryl methyl sites for hydroxylation is 1. The van der Waals surface area contributed by atoms with Gasteiger partial charge in [0.1, 0.15) is 18.0 Å². The van der Waals surface area contributed by atoms with Gasteiger partial charge in [0, 0.05) is 13.1 Å². The molecule has 5 nitrogen and oxygen atoms in total. The average molecular weight is 278 g/mol. The number of rotatable bonds is 5. The first-order valence-corrected chi connectivity index (χ1v) is 6.98. The van der Waals surface area contributed by atoms with Crippen molar-refractivity contribution in [3.63, 3.8) is 0 Å². The van der Waals surface area contributed by atoms with Gasteiger partial charge in [0.15, 0.2) is 0 Å². The van der Waals surface area contributed by atoms with Crippen LogP contribution in [0.3, 0.4) is 0 Å². The molecule has 2 N–H and O–H groups in total. The number of benzene rings is 1. The number of ether oxygens (including phenoxy) is 2. The Balaban J connectivity index is 1.74. The first kappa shape index (κ1) is 14.8. The second-order valence-electron chi connectivity index (χ2n) is 5.05. The summed E-state index contributed by atoms with van der Waals surface area (Å²) in [6.45, 7) is 6.37. The maximum atomic E-state index is 11.9. The number of carbonyl (C=O) groups is 1. The van der Waals surface area contributed by atoms with Gasteiger partial charge in [0.05, 0.1) is 13.2 Å². The monoisotopic (exact) mass is 278 g/mol. The fourth-order valence-electron chi connectivity index (χ4n) is 2.05. The van der Waals surface area contributed by atoms with Crippen LogP contribution in [-0.2, 0) is 9.53 Å². The van der Waals surface area contributed by atoms with Gasteiger partial charge in [-0.15, -0.1) is 0 Å². The Bertz CT molecular complexity index is 444. The number of carbonyl (C=O) groups excluding carboxylic acids is 1. The second-order valence-corrected chi connectivity index (χ2v) is 5.05. The van der Waals surface area contributed by atoms with Gasteiger partial charge in [-0.1, -0.05) is 12.1 Å². The van der Waals surface area contributed by atoms with E-state index >= 15 is 0 Å². The molecule has 0 spiro atoms. The largest absolute Gasteiger partial charge is 0.489 e. The van der Waals surface area contributed by atoms with Gasteiger partial charge < -0.3 is 20.1 Å². The molecule has 0 saturated carbocycles. The van der Waals surface area contributed by atoms with Gasteiger partial charge in [0.2, 0.25) is 0 Å². The Morgan fingerprint density at radius 1 is 1.60 bits per heavy atom. The SMILES string of the molecule is Cc1cccc(OC(C)CNC(=O)C2CNCCO2)c1. The maximum Gasteiger partial charge on any atom is 0.250 e. The van der Waals surface area contributed by atoms with E-state index in [0.717, 1.165) is 17.9 Å². The first-order chi connectivity index (χ1) is 9.65. The van der Waals surface area contributed by atoms with Crippen molar-refractivity contribution >= 4 is 5.91 Å². The summed E-state index contributed by atoms with van der Waals surface area (Å²) < 4.78 is 11.2. The molecule has 1 aromatic rings. The highest BCUT2D eigenvalue weighted by Crippen LogP contribution is 2.13. The van der Waals surface area contributed by atoms with Crippen LogP contribution in [0.15, 0.2) is 24.3 Å². The van der Waals surface area contributed by atoms with Crippen LogP contribution >= 0.6 is 0 Å². The quantitative estimate of drug-likeness (QED) is 0.839. The van der Waals surface area contributed by atoms with Crippen LogP contribution in [0.1, 0.15) is 12.5 Å². The molecule has 0 bridgehead atoms. The number of amides is 1. The van der Waals surface area contributed by atoms with Gasteiger partial charge in [-0.05, 0) is 31.5 Å². The van der Waals surface area contributed by atoms with E-state index in [-0.39, 0.29) is 12.0 Å². The Morgan fingerprint density at radius 2 is 2.45 bits per heavy atom. The standard InChI is InChI=1S/C15H22N2O3/c1-11-4-3-5-13(8-11)20-12(2)9-17-15(18)14-10-16-6-7-19-14/h3-5,8,12,14,16H,6-7,9-10H2,1-2H3,(H,17,18). The lowest BCUT2D eigenvalue weighted by Crippen LogP contribution is -2.49. The summed E-state index contributed by atoms with van der Waals surface area (Å²) in [6.07, 6.45) is -0.479. The minimum absolute atomic E-state index is 0.0858. The third-order valence-corrected chi connectivity index (χ3v) is 3.11. The van der Waals surface area contributed by atoms with Crippen LogP contribution in [0.4, 0.5) is 0 Å². The van der Waals surface area contributed by atoms with E-state index in [9.17, 15) is 4.79 Å². The smallest absolute Gasteiger partial charge is 0.250 e. The molecule has 20 heavy (non-hydrogen) atoms. The van der Waals surface area contributed by atoms with E-state index in [0.29, 0.717) is 19.7 Å². The van der Waals surface area contributed by atoms with Crippen molar-refractivity contribution < 1.29 is 14.3 Å². The third kappa shape index (κ3) is 4.51. The fourth-order valence-corrected chi connectivity index (χ4v) is 2.05. The summed E-state index contributed by atoms with van der Waals surface area (Å²) in [4.78, 5) is 11.9. The molecule has 1 saturated heterocycles. The Labute approximate surface area is 119 Å². The first-order valence-electron chi connectivity index (χ1n) is 6.98. The molecule has 1 heterocycles. The van der Waals surface area contributed by atoms with E-state index in [2.05, 4.69) is 10.6 Å². The Kier molecular flexibility index (Phi) is 5.38. The summed E-state index contributed by atoms with van der Waals surface area (Å²) in [5.74, 6) is 0.735. The number of nitrogens with one attached hydrogen (secondary N) is 2. The van der Waals surface area contributed by atoms with Crippen molar-refractivity contribution in [1.29, 1.82) is 0 Å². The van der Waals surface area contributed by atoms with Crippen molar-refractivity contribution in [2.24, 2.45) is 0 Å². The van der Waals surface area contributed by atoms with Gasteiger partial charge in [0.25, 0.3) is 5.91 Å². The van der Waals surface area contributed by atoms with Crippen molar-refractivity contribution in [2.45, 2.75) is 26.1 Å². The molecule has 5 heteroatoms. The topological polar surface area (TPSA) is 59.6 Å². The molecule has 1 fully saturated rings. The van der Waals surface area contributed by atoms with Crippen LogP contribution in [0.25, 0.3) is 0 Å². The summed E-state index contributed by atoms with van der Waals surface area (Å²) in [5, 5.41) is 5.99. The molecule has 110 valence electrons. The predicted molar refractivity (Wildman–Crippen MR) is 76.9 cm³/mol. The van der Waals surface area contributed by atoms with Gasteiger partial charge >= 0.3 is 0 Å². The molecule has 1 aliphatic rings. The summed E-state index contributed by atoms with van der Waals surface area (Å²) in [6, 6.07) is 7.87. The van der Waals surface area contributed by atoms with Crippen molar-refractivity contribution in [2.75, 3.05) is 26.2 Å². The number of morpholine rings is 1. The lowest BCUT2D eigenvalue weighted by molar-refractivity contribution is -0.134. The highest BCUT2D eigenvalue weighted by atomic mass is 16.5. The van der Waals surface area contributed by atoms with E-state index in [1.54, 1.807) is 0 Å². The van der Waals surface area contributed by atoms with E-state index in [4.69, 9.17) is 9.47 Å². The molecule has 0 radical (unpaired) electrons. The van der Waals surface area contributed by atoms with Crippen LogP contribution in [-0.4, -0.2) is 44.4 Å². The van der Waals surface area contributed by atoms with Crippen LogP contribution in [0.2, 0.25) is 0 Å². The lowest BCUT2D eigenvalue weighted by atomic mass is 10.2. The lowest BCUT2D eigenvalue weighted by Gasteiger charge is -2.23.